The molecule has 0 aromatic heterocycles. The van der Waals surface area contributed by atoms with Gasteiger partial charge in [-0.05, 0) is 38.0 Å². The lowest BCUT2D eigenvalue weighted by Crippen LogP contribution is -2.59. The SMILES string of the molecule is CC(C)NC(=O)Nc1cccc(C(=O)N2CCNC(=O)C2C(C)C)c1. The predicted octanol–water partition coefficient (Wildman–Crippen LogP) is 1.81. The van der Waals surface area contributed by atoms with E-state index in [0.717, 1.165) is 0 Å². The number of carbonyl (C=O) groups is 3. The van der Waals surface area contributed by atoms with E-state index in [-0.39, 0.29) is 29.8 Å². The summed E-state index contributed by atoms with van der Waals surface area (Å²) in [6.45, 7) is 8.50. The third-order valence-electron chi connectivity index (χ3n) is 3.94. The number of hydrogen-bond acceptors (Lipinski definition) is 3. The largest absolute Gasteiger partial charge is 0.353 e. The van der Waals surface area contributed by atoms with Gasteiger partial charge in [0.15, 0.2) is 0 Å². The molecular formula is C18H26N4O3. The number of urea groups is 1. The highest BCUT2D eigenvalue weighted by molar-refractivity contribution is 5.99. The molecule has 1 aliphatic heterocycles. The van der Waals surface area contributed by atoms with Crippen molar-refractivity contribution in [3.8, 4) is 0 Å². The molecule has 1 heterocycles. The molecule has 0 aliphatic carbocycles. The molecule has 4 amide bonds. The topological polar surface area (TPSA) is 90.5 Å². The molecule has 1 aromatic carbocycles. The summed E-state index contributed by atoms with van der Waals surface area (Å²) in [5, 5.41) is 8.25. The average Bonchev–Trinajstić information content (AvgIpc) is 2.52. The molecule has 1 aromatic rings. The van der Waals surface area contributed by atoms with Crippen LogP contribution in [0.2, 0.25) is 0 Å². The number of anilines is 1. The lowest BCUT2D eigenvalue weighted by Gasteiger charge is -2.37. The first-order valence-corrected chi connectivity index (χ1v) is 8.56. The second-order valence-electron chi connectivity index (χ2n) is 6.81. The summed E-state index contributed by atoms with van der Waals surface area (Å²) >= 11 is 0. The van der Waals surface area contributed by atoms with E-state index in [1.165, 1.54) is 0 Å². The zero-order valence-electron chi connectivity index (χ0n) is 15.1. The molecule has 1 atom stereocenters. The van der Waals surface area contributed by atoms with Crippen LogP contribution in [0.3, 0.4) is 0 Å². The van der Waals surface area contributed by atoms with E-state index in [9.17, 15) is 14.4 Å². The Morgan fingerprint density at radius 2 is 1.96 bits per heavy atom. The number of hydrogen-bond donors (Lipinski definition) is 3. The molecule has 1 unspecified atom stereocenters. The Hall–Kier alpha value is -2.57. The van der Waals surface area contributed by atoms with Crippen LogP contribution in [0.4, 0.5) is 10.5 Å². The van der Waals surface area contributed by atoms with Crippen molar-refractivity contribution in [2.75, 3.05) is 18.4 Å². The van der Waals surface area contributed by atoms with Gasteiger partial charge in [-0.2, -0.15) is 0 Å². The van der Waals surface area contributed by atoms with Gasteiger partial charge < -0.3 is 20.9 Å². The number of carbonyl (C=O) groups excluding carboxylic acids is 3. The smallest absolute Gasteiger partial charge is 0.319 e. The van der Waals surface area contributed by atoms with Gasteiger partial charge >= 0.3 is 6.03 Å². The van der Waals surface area contributed by atoms with Gasteiger partial charge in [0.2, 0.25) is 5.91 Å². The maximum Gasteiger partial charge on any atom is 0.319 e. The maximum atomic E-state index is 12.9. The second-order valence-corrected chi connectivity index (χ2v) is 6.81. The summed E-state index contributed by atoms with van der Waals surface area (Å²) in [7, 11) is 0. The molecule has 0 spiro atoms. The number of benzene rings is 1. The van der Waals surface area contributed by atoms with Crippen molar-refractivity contribution in [2.24, 2.45) is 5.92 Å². The standard InChI is InChI=1S/C18H26N4O3/c1-11(2)15-16(23)19-8-9-22(15)17(24)13-6-5-7-14(10-13)21-18(25)20-12(3)4/h5-7,10-12,15H,8-9H2,1-4H3,(H,19,23)(H2,20,21,25). The molecule has 7 heteroatoms. The average molecular weight is 346 g/mol. The van der Waals surface area contributed by atoms with E-state index in [1.807, 2.05) is 27.7 Å². The van der Waals surface area contributed by atoms with E-state index in [4.69, 9.17) is 0 Å². The van der Waals surface area contributed by atoms with E-state index >= 15 is 0 Å². The number of nitrogens with zero attached hydrogens (tertiary/aromatic N) is 1. The third kappa shape index (κ3) is 4.71. The number of piperazine rings is 1. The first-order valence-electron chi connectivity index (χ1n) is 8.56. The zero-order chi connectivity index (χ0) is 18.6. The molecule has 1 saturated heterocycles. The maximum absolute atomic E-state index is 12.9. The Kier molecular flexibility index (Phi) is 6.01. The molecule has 0 radical (unpaired) electrons. The lowest BCUT2D eigenvalue weighted by atomic mass is 9.98. The van der Waals surface area contributed by atoms with Gasteiger partial charge in [-0.1, -0.05) is 19.9 Å². The number of nitrogens with one attached hydrogen (secondary N) is 3. The van der Waals surface area contributed by atoms with Crippen molar-refractivity contribution >= 4 is 23.5 Å². The van der Waals surface area contributed by atoms with Crippen LogP contribution in [0.1, 0.15) is 38.1 Å². The molecule has 25 heavy (non-hydrogen) atoms. The predicted molar refractivity (Wildman–Crippen MR) is 96.4 cm³/mol. The quantitative estimate of drug-likeness (QED) is 0.777. The molecule has 136 valence electrons. The van der Waals surface area contributed by atoms with E-state index in [0.29, 0.717) is 24.3 Å². The van der Waals surface area contributed by atoms with Crippen molar-refractivity contribution in [3.63, 3.8) is 0 Å². The van der Waals surface area contributed by atoms with E-state index < -0.39 is 6.04 Å². The van der Waals surface area contributed by atoms with E-state index in [1.54, 1.807) is 29.2 Å². The van der Waals surface area contributed by atoms with Crippen LogP contribution in [-0.4, -0.2) is 47.9 Å². The van der Waals surface area contributed by atoms with Crippen LogP contribution in [0.15, 0.2) is 24.3 Å². The zero-order valence-corrected chi connectivity index (χ0v) is 15.1. The second kappa shape index (κ2) is 8.00. The van der Waals surface area contributed by atoms with Gasteiger partial charge in [-0.25, -0.2) is 4.79 Å². The Morgan fingerprint density at radius 1 is 1.24 bits per heavy atom. The number of amides is 4. The summed E-state index contributed by atoms with van der Waals surface area (Å²) < 4.78 is 0. The minimum absolute atomic E-state index is 0.0161. The molecule has 0 saturated carbocycles. The molecule has 7 nitrogen and oxygen atoms in total. The fourth-order valence-electron chi connectivity index (χ4n) is 2.90. The first-order chi connectivity index (χ1) is 11.8. The molecule has 0 bridgehead atoms. The Morgan fingerprint density at radius 3 is 2.60 bits per heavy atom. The van der Waals surface area contributed by atoms with Crippen LogP contribution < -0.4 is 16.0 Å². The van der Waals surface area contributed by atoms with Gasteiger partial charge in [0.25, 0.3) is 5.91 Å². The van der Waals surface area contributed by atoms with Gasteiger partial charge in [0, 0.05) is 30.4 Å². The molecule has 2 rings (SSSR count). The fourth-order valence-corrected chi connectivity index (χ4v) is 2.90. The van der Waals surface area contributed by atoms with E-state index in [2.05, 4.69) is 16.0 Å². The highest BCUT2D eigenvalue weighted by Crippen LogP contribution is 2.19. The Balaban J connectivity index is 2.17. The summed E-state index contributed by atoms with van der Waals surface area (Å²) in [6, 6.07) is 5.97. The van der Waals surface area contributed by atoms with Crippen LogP contribution in [0.25, 0.3) is 0 Å². The van der Waals surface area contributed by atoms with Crippen LogP contribution in [-0.2, 0) is 4.79 Å². The normalized spacial score (nSPS) is 17.4. The monoisotopic (exact) mass is 346 g/mol. The van der Waals surface area contributed by atoms with Crippen molar-refractivity contribution < 1.29 is 14.4 Å². The Labute approximate surface area is 148 Å². The van der Waals surface area contributed by atoms with Crippen LogP contribution in [0.5, 0.6) is 0 Å². The molecule has 1 aliphatic rings. The van der Waals surface area contributed by atoms with Gasteiger partial charge in [0.1, 0.15) is 6.04 Å². The molecule has 1 fully saturated rings. The molecule has 3 N–H and O–H groups in total. The van der Waals surface area contributed by atoms with Crippen molar-refractivity contribution in [1.29, 1.82) is 0 Å². The summed E-state index contributed by atoms with van der Waals surface area (Å²) in [6.07, 6.45) is 0. The molecular weight excluding hydrogens is 320 g/mol. The third-order valence-corrected chi connectivity index (χ3v) is 3.94. The highest BCUT2D eigenvalue weighted by atomic mass is 16.2. The van der Waals surface area contributed by atoms with Crippen LogP contribution >= 0.6 is 0 Å². The fraction of sp³-hybridized carbons (Fsp3) is 0.500. The number of rotatable bonds is 4. The minimum atomic E-state index is -0.484. The minimum Gasteiger partial charge on any atom is -0.353 e. The van der Waals surface area contributed by atoms with Crippen molar-refractivity contribution in [3.05, 3.63) is 29.8 Å². The van der Waals surface area contributed by atoms with Crippen molar-refractivity contribution in [1.82, 2.24) is 15.5 Å². The van der Waals surface area contributed by atoms with Gasteiger partial charge in [0.05, 0.1) is 0 Å². The van der Waals surface area contributed by atoms with Gasteiger partial charge in [-0.15, -0.1) is 0 Å². The lowest BCUT2D eigenvalue weighted by molar-refractivity contribution is -0.129. The highest BCUT2D eigenvalue weighted by Gasteiger charge is 2.35. The van der Waals surface area contributed by atoms with Crippen molar-refractivity contribution in [2.45, 2.75) is 39.8 Å². The first kappa shape index (κ1) is 18.8. The van der Waals surface area contributed by atoms with Gasteiger partial charge in [-0.3, -0.25) is 9.59 Å². The summed E-state index contributed by atoms with van der Waals surface area (Å²) in [5.74, 6) is -0.316. The summed E-state index contributed by atoms with van der Waals surface area (Å²) in [4.78, 5) is 38.4. The van der Waals surface area contributed by atoms with Crippen LogP contribution in [0, 0.1) is 5.92 Å². The summed E-state index contributed by atoms with van der Waals surface area (Å²) in [5.41, 5.74) is 0.981. The Bertz CT molecular complexity index is 657.